The van der Waals surface area contributed by atoms with Crippen LogP contribution in [0.5, 0.6) is 0 Å². The van der Waals surface area contributed by atoms with Gasteiger partial charge in [-0.1, -0.05) is 0 Å². The van der Waals surface area contributed by atoms with Gasteiger partial charge in [0.1, 0.15) is 0 Å². The predicted octanol–water partition coefficient (Wildman–Crippen LogP) is 0.736. The van der Waals surface area contributed by atoms with Crippen LogP contribution in [0, 0.1) is 13.8 Å². The van der Waals surface area contributed by atoms with Crippen molar-refractivity contribution in [1.82, 2.24) is 30.6 Å². The first kappa shape index (κ1) is 31.4. The fourth-order valence-corrected chi connectivity index (χ4v) is 4.17. The second-order valence-electron chi connectivity index (χ2n) is 11.1. The Bertz CT molecular complexity index is 1140. The molecule has 0 atom stereocenters. The molecule has 2 heterocycles. The first-order valence-corrected chi connectivity index (χ1v) is 13.1. The van der Waals surface area contributed by atoms with Gasteiger partial charge in [-0.05, 0) is 13.8 Å². The molecule has 2 rings (SSSR count). The minimum absolute atomic E-state index is 0.111. The molecule has 2 aromatic rings. The molecule has 0 aliphatic carbocycles. The first-order valence-electron chi connectivity index (χ1n) is 13.1. The van der Waals surface area contributed by atoms with Crippen LogP contribution in [0.3, 0.4) is 0 Å². The number of quaternary nitrogens is 2. The van der Waals surface area contributed by atoms with Crippen molar-refractivity contribution in [3.8, 4) is 0 Å². The second-order valence-corrected chi connectivity index (χ2v) is 11.1. The normalized spacial score (nSPS) is 11.6. The smallest absolute Gasteiger partial charge is 0.321 e. The van der Waals surface area contributed by atoms with Crippen molar-refractivity contribution in [2.45, 2.75) is 33.1 Å². The number of H-pyrrole nitrogens is 2. The topological polar surface area (TPSA) is 174 Å². The highest BCUT2D eigenvalue weighted by atomic mass is 16.2. The molecule has 0 aliphatic heterocycles. The highest BCUT2D eigenvalue weighted by molar-refractivity contribution is 5.87. The number of hydrogen-bond donors (Lipinski definition) is 6. The van der Waals surface area contributed by atoms with Crippen LogP contribution in [-0.2, 0) is 0 Å². The molecule has 0 saturated carbocycles. The molecule has 0 radical (unpaired) electrons. The number of carbonyl (C=O) groups is 2. The van der Waals surface area contributed by atoms with E-state index in [2.05, 4.69) is 69.4 Å². The highest BCUT2D eigenvalue weighted by Crippen LogP contribution is 2.09. The monoisotopic (exact) mass is 548 g/mol. The Morgan fingerprint density at radius 2 is 1.13 bits per heavy atom. The lowest BCUT2D eigenvalue weighted by molar-refractivity contribution is -0.917. The van der Waals surface area contributed by atoms with Gasteiger partial charge in [0, 0.05) is 55.9 Å². The van der Waals surface area contributed by atoms with Crippen LogP contribution in [-0.4, -0.2) is 108 Å². The number of carbonyl (C=O) groups excluding carboxylic acids is 2. The van der Waals surface area contributed by atoms with Gasteiger partial charge in [-0.2, -0.15) is 9.97 Å². The molecule has 4 amide bonds. The van der Waals surface area contributed by atoms with E-state index in [1.54, 1.807) is 13.8 Å². The summed E-state index contributed by atoms with van der Waals surface area (Å²) in [5, 5.41) is 10.7. The summed E-state index contributed by atoms with van der Waals surface area (Å²) in [4.78, 5) is 60.6. The molecular weight excluding hydrogens is 504 g/mol. The Morgan fingerprint density at radius 3 is 1.51 bits per heavy atom. The lowest BCUT2D eigenvalue weighted by Gasteiger charge is -2.36. The SMILES string of the molecule is Cc1cc(=O)nc(NC(=O)NCCC[N+](C)(CCCNC(=O)Nc2nc(=O)cc(C)[nH]2)CCC[N+](C)(C)C)[nH]1. The Labute approximate surface area is 228 Å². The molecule has 0 aromatic carbocycles. The number of aryl methyl sites for hydroxylation is 2. The van der Waals surface area contributed by atoms with Crippen LogP contribution < -0.4 is 32.4 Å². The van der Waals surface area contributed by atoms with Crippen molar-refractivity contribution in [1.29, 1.82) is 0 Å². The molecule has 2 aromatic heterocycles. The molecule has 0 bridgehead atoms. The molecule has 216 valence electrons. The van der Waals surface area contributed by atoms with Gasteiger partial charge in [0.2, 0.25) is 11.9 Å². The molecule has 39 heavy (non-hydrogen) atoms. The van der Waals surface area contributed by atoms with Gasteiger partial charge in [0.15, 0.2) is 0 Å². The van der Waals surface area contributed by atoms with Crippen LogP contribution in [0.1, 0.15) is 30.7 Å². The fourth-order valence-electron chi connectivity index (χ4n) is 4.17. The summed E-state index contributed by atoms with van der Waals surface area (Å²) < 4.78 is 1.68. The number of hydrogen-bond acceptors (Lipinski definition) is 6. The Kier molecular flexibility index (Phi) is 11.6. The van der Waals surface area contributed by atoms with Gasteiger partial charge in [-0.25, -0.2) is 9.59 Å². The summed E-state index contributed by atoms with van der Waals surface area (Å²) in [7, 11) is 8.70. The minimum Gasteiger partial charge on any atom is -0.338 e. The molecule has 14 heteroatoms. The van der Waals surface area contributed by atoms with Crippen LogP contribution in [0.2, 0.25) is 0 Å². The molecule has 14 nitrogen and oxygen atoms in total. The summed E-state index contributed by atoms with van der Waals surface area (Å²) >= 11 is 0. The van der Waals surface area contributed by atoms with Crippen molar-refractivity contribution in [3.63, 3.8) is 0 Å². The fraction of sp³-hybridized carbons (Fsp3) is 0.600. The Balaban J connectivity index is 1.81. The lowest BCUT2D eigenvalue weighted by atomic mass is 10.2. The maximum atomic E-state index is 12.2. The summed E-state index contributed by atoms with van der Waals surface area (Å²) in [6.07, 6.45) is 2.55. The van der Waals surface area contributed by atoms with Gasteiger partial charge < -0.3 is 29.6 Å². The van der Waals surface area contributed by atoms with Crippen LogP contribution in [0.4, 0.5) is 21.5 Å². The molecular formula is C25H44N10O4+2. The summed E-state index contributed by atoms with van der Waals surface area (Å²) in [6.45, 7) is 8.06. The van der Waals surface area contributed by atoms with Crippen molar-refractivity contribution >= 4 is 24.0 Å². The number of nitrogens with zero attached hydrogens (tertiary/aromatic N) is 4. The van der Waals surface area contributed by atoms with Crippen LogP contribution >= 0.6 is 0 Å². The molecule has 6 N–H and O–H groups in total. The van der Waals surface area contributed by atoms with Gasteiger partial charge in [0.25, 0.3) is 11.1 Å². The number of nitrogens with one attached hydrogen (secondary N) is 6. The van der Waals surface area contributed by atoms with Gasteiger partial charge >= 0.3 is 12.1 Å². The predicted molar refractivity (Wildman–Crippen MR) is 151 cm³/mol. The number of aromatic nitrogens is 4. The van der Waals surface area contributed by atoms with E-state index in [1.807, 2.05) is 0 Å². The van der Waals surface area contributed by atoms with E-state index < -0.39 is 23.2 Å². The summed E-state index contributed by atoms with van der Waals surface area (Å²) in [5.41, 5.74) is 0.386. The van der Waals surface area contributed by atoms with E-state index in [9.17, 15) is 19.2 Å². The third-order valence-corrected chi connectivity index (χ3v) is 6.07. The highest BCUT2D eigenvalue weighted by Gasteiger charge is 2.22. The third kappa shape index (κ3) is 13.0. The standard InChI is InChI=1S/C25H42N10O4/c1-18-16-20(36)30-22(28-18)32-24(38)26-10-7-13-35(6,15-9-12-34(3,4)5)14-8-11-27-25(39)33-23-29-19(2)17-21(37)31-23/h16-17H,7-15H2,1-6H3,(H4-2,26,27,28,29,30,31,32,33,36,37,38,39)/p+2. The van der Waals surface area contributed by atoms with E-state index in [4.69, 9.17) is 0 Å². The second kappa shape index (κ2) is 14.4. The molecule has 0 aliphatic rings. The van der Waals surface area contributed by atoms with Crippen molar-refractivity contribution in [2.24, 2.45) is 0 Å². The van der Waals surface area contributed by atoms with Crippen molar-refractivity contribution in [3.05, 3.63) is 44.2 Å². The van der Waals surface area contributed by atoms with Gasteiger partial charge in [-0.3, -0.25) is 20.2 Å². The number of urea groups is 2. The van der Waals surface area contributed by atoms with E-state index in [0.29, 0.717) is 24.5 Å². The Hall–Kier alpha value is -3.78. The summed E-state index contributed by atoms with van der Waals surface area (Å²) in [6, 6.07) is 1.85. The maximum Gasteiger partial charge on any atom is 0.321 e. The van der Waals surface area contributed by atoms with Gasteiger partial charge in [-0.15, -0.1) is 0 Å². The van der Waals surface area contributed by atoms with E-state index in [0.717, 1.165) is 54.4 Å². The minimum atomic E-state index is -0.428. The maximum absolute atomic E-state index is 12.2. The van der Waals surface area contributed by atoms with Crippen LogP contribution in [0.15, 0.2) is 21.7 Å². The average molecular weight is 549 g/mol. The lowest BCUT2D eigenvalue weighted by Crippen LogP contribution is -2.49. The van der Waals surface area contributed by atoms with E-state index in [-0.39, 0.29) is 11.9 Å². The molecule has 0 fully saturated rings. The molecule has 0 spiro atoms. The number of amides is 4. The molecule has 0 unspecified atom stereocenters. The van der Waals surface area contributed by atoms with E-state index >= 15 is 0 Å². The molecule has 0 saturated heterocycles. The zero-order valence-electron chi connectivity index (χ0n) is 23.9. The van der Waals surface area contributed by atoms with Crippen LogP contribution in [0.25, 0.3) is 0 Å². The Morgan fingerprint density at radius 1 is 0.718 bits per heavy atom. The van der Waals surface area contributed by atoms with Gasteiger partial charge in [0.05, 0.1) is 54.4 Å². The number of aromatic amines is 2. The average Bonchev–Trinajstić information content (AvgIpc) is 2.77. The van der Waals surface area contributed by atoms with Crippen molar-refractivity contribution in [2.75, 3.05) is 78.1 Å². The number of anilines is 2. The third-order valence-electron chi connectivity index (χ3n) is 6.07. The van der Waals surface area contributed by atoms with Crippen molar-refractivity contribution < 1.29 is 18.6 Å². The summed E-state index contributed by atoms with van der Waals surface area (Å²) in [5.74, 6) is 0.221. The quantitative estimate of drug-likeness (QED) is 0.150. The number of rotatable bonds is 14. The first-order chi connectivity index (χ1) is 18.2. The zero-order chi connectivity index (χ0) is 29.1. The zero-order valence-corrected chi connectivity index (χ0v) is 23.9. The largest absolute Gasteiger partial charge is 0.338 e. The van der Waals surface area contributed by atoms with E-state index in [1.165, 1.54) is 12.1 Å².